The lowest BCUT2D eigenvalue weighted by molar-refractivity contribution is -0.133. The lowest BCUT2D eigenvalue weighted by atomic mass is 9.99. The summed E-state index contributed by atoms with van der Waals surface area (Å²) >= 11 is 0. The molecule has 0 bridgehead atoms. The molecule has 0 radical (unpaired) electrons. The Morgan fingerprint density at radius 1 is 1.41 bits per heavy atom. The first-order valence-electron chi connectivity index (χ1n) is 6.85. The molecule has 1 amide bonds. The maximum absolute atomic E-state index is 12.2. The minimum atomic E-state index is 0. The number of rotatable bonds is 3. The molecule has 0 spiro atoms. The third-order valence-corrected chi connectivity index (χ3v) is 5.25. The molecule has 3 atom stereocenters. The zero-order valence-corrected chi connectivity index (χ0v) is 11.2. The van der Waals surface area contributed by atoms with Crippen molar-refractivity contribution < 1.29 is 11.7 Å². The molecule has 2 N–H and O–H groups in total. The second-order valence-electron chi connectivity index (χ2n) is 6.62. The number of nitrogens with zero attached hydrogens (tertiary/aromatic N) is 1. The predicted molar refractivity (Wildman–Crippen MR) is 69.6 cm³/mol. The van der Waals surface area contributed by atoms with Crippen LogP contribution in [0.2, 0.25) is 0 Å². The van der Waals surface area contributed by atoms with Crippen LogP contribution in [-0.4, -0.2) is 28.9 Å². The lowest BCUT2D eigenvalue weighted by Crippen LogP contribution is -2.40. The maximum atomic E-state index is 12.2. The molecule has 2 aliphatic carbocycles. The first kappa shape index (κ1) is 12.9. The van der Waals surface area contributed by atoms with E-state index in [4.69, 9.17) is 0 Å². The first-order chi connectivity index (χ1) is 7.55. The SMILES string of the molecule is CC[C@@H]1[C@@H]2C(CN1C(=O)CC1CC1)C2(C)C.O.[HH]. The van der Waals surface area contributed by atoms with E-state index in [-0.39, 0.29) is 6.90 Å². The van der Waals surface area contributed by atoms with Crippen LogP contribution in [-0.2, 0) is 4.79 Å². The Balaban J connectivity index is 0.000000810. The Bertz CT molecular complexity index is 328. The van der Waals surface area contributed by atoms with Gasteiger partial charge in [-0.15, -0.1) is 0 Å². The van der Waals surface area contributed by atoms with Crippen molar-refractivity contribution in [1.82, 2.24) is 4.90 Å². The van der Waals surface area contributed by atoms with Crippen molar-refractivity contribution in [2.45, 2.75) is 52.5 Å². The molecule has 1 heterocycles. The zero-order chi connectivity index (χ0) is 11.5. The summed E-state index contributed by atoms with van der Waals surface area (Å²) in [7, 11) is 0. The molecule has 2 saturated carbocycles. The number of carbonyl (C=O) groups excluding carboxylic acids is 1. The largest absolute Gasteiger partial charge is 0.412 e. The van der Waals surface area contributed by atoms with Crippen LogP contribution in [0.15, 0.2) is 0 Å². The Kier molecular flexibility index (Phi) is 3.01. The minimum absolute atomic E-state index is 0. The van der Waals surface area contributed by atoms with Gasteiger partial charge in [0.15, 0.2) is 0 Å². The van der Waals surface area contributed by atoms with E-state index in [1.54, 1.807) is 0 Å². The highest BCUT2D eigenvalue weighted by molar-refractivity contribution is 5.78. The van der Waals surface area contributed by atoms with Gasteiger partial charge in [0, 0.05) is 20.4 Å². The molecule has 1 unspecified atom stereocenters. The summed E-state index contributed by atoms with van der Waals surface area (Å²) in [5.74, 6) is 2.76. The standard InChI is InChI=1S/C14H23NO.H2O.H2/c1-4-11-13-10(14(13,2)3)8-15(11)12(16)7-9-5-6-9;;/h9-11,13H,4-8H2,1-3H3;1H2;1H/t10?,11-,13+;;/m1../s1. The van der Waals surface area contributed by atoms with Crippen molar-refractivity contribution in [3.63, 3.8) is 0 Å². The molecule has 1 aliphatic heterocycles. The van der Waals surface area contributed by atoms with E-state index in [0.717, 1.165) is 37.1 Å². The lowest BCUT2D eigenvalue weighted by Gasteiger charge is -2.30. The van der Waals surface area contributed by atoms with E-state index in [2.05, 4.69) is 25.7 Å². The van der Waals surface area contributed by atoms with Crippen LogP contribution < -0.4 is 0 Å². The molecule has 3 fully saturated rings. The summed E-state index contributed by atoms with van der Waals surface area (Å²) in [5.41, 5.74) is 0.511. The van der Waals surface area contributed by atoms with Gasteiger partial charge >= 0.3 is 0 Å². The van der Waals surface area contributed by atoms with Gasteiger partial charge in [0.25, 0.3) is 0 Å². The van der Waals surface area contributed by atoms with Gasteiger partial charge in [0.1, 0.15) is 0 Å². The van der Waals surface area contributed by atoms with E-state index in [9.17, 15) is 4.79 Å². The summed E-state index contributed by atoms with van der Waals surface area (Å²) in [6, 6.07) is 0.547. The molecule has 3 rings (SSSR count). The highest BCUT2D eigenvalue weighted by atomic mass is 16.2. The topological polar surface area (TPSA) is 51.8 Å². The Morgan fingerprint density at radius 3 is 2.59 bits per heavy atom. The van der Waals surface area contributed by atoms with Gasteiger partial charge < -0.3 is 10.4 Å². The monoisotopic (exact) mass is 241 g/mol. The molecular formula is C14H27NO2. The van der Waals surface area contributed by atoms with Gasteiger partial charge in [-0.25, -0.2) is 0 Å². The van der Waals surface area contributed by atoms with Crippen LogP contribution in [0.25, 0.3) is 0 Å². The van der Waals surface area contributed by atoms with Crippen molar-refractivity contribution in [1.29, 1.82) is 0 Å². The molecule has 3 nitrogen and oxygen atoms in total. The van der Waals surface area contributed by atoms with Gasteiger partial charge in [0.05, 0.1) is 0 Å². The molecule has 0 aromatic rings. The van der Waals surface area contributed by atoms with E-state index in [0.29, 0.717) is 17.4 Å². The Hall–Kier alpha value is -0.570. The van der Waals surface area contributed by atoms with Crippen LogP contribution >= 0.6 is 0 Å². The molecule has 0 aromatic heterocycles. The molecule has 3 heteroatoms. The number of amides is 1. The van der Waals surface area contributed by atoms with E-state index < -0.39 is 0 Å². The smallest absolute Gasteiger partial charge is 0.223 e. The molecule has 17 heavy (non-hydrogen) atoms. The summed E-state index contributed by atoms with van der Waals surface area (Å²) in [6.07, 6.45) is 4.54. The van der Waals surface area contributed by atoms with Gasteiger partial charge in [0.2, 0.25) is 5.91 Å². The summed E-state index contributed by atoms with van der Waals surface area (Å²) < 4.78 is 0. The average molecular weight is 241 g/mol. The number of hydrogen-bond donors (Lipinski definition) is 0. The zero-order valence-electron chi connectivity index (χ0n) is 11.2. The Morgan fingerprint density at radius 2 is 2.06 bits per heavy atom. The van der Waals surface area contributed by atoms with Crippen molar-refractivity contribution in [2.75, 3.05) is 6.54 Å². The fourth-order valence-corrected chi connectivity index (χ4v) is 3.89. The maximum Gasteiger partial charge on any atom is 0.223 e. The van der Waals surface area contributed by atoms with Gasteiger partial charge in [-0.2, -0.15) is 0 Å². The van der Waals surface area contributed by atoms with Gasteiger partial charge in [-0.3, -0.25) is 4.79 Å². The van der Waals surface area contributed by atoms with Crippen molar-refractivity contribution in [2.24, 2.45) is 23.2 Å². The van der Waals surface area contributed by atoms with Crippen molar-refractivity contribution >= 4 is 5.91 Å². The number of piperidine rings is 1. The van der Waals surface area contributed by atoms with Crippen LogP contribution in [0.4, 0.5) is 0 Å². The van der Waals surface area contributed by atoms with Crippen LogP contribution in [0, 0.1) is 23.2 Å². The number of likely N-dealkylation sites (tertiary alicyclic amines) is 1. The molecule has 0 aromatic carbocycles. The first-order valence-corrected chi connectivity index (χ1v) is 6.85. The second-order valence-corrected chi connectivity index (χ2v) is 6.62. The number of carbonyl (C=O) groups is 1. The van der Waals surface area contributed by atoms with Crippen LogP contribution in [0.3, 0.4) is 0 Å². The Labute approximate surface area is 105 Å². The number of fused-ring (bicyclic) bond motifs is 1. The molecule has 1 saturated heterocycles. The fourth-order valence-electron chi connectivity index (χ4n) is 3.89. The average Bonchev–Trinajstić information content (AvgIpc) is 3.06. The summed E-state index contributed by atoms with van der Waals surface area (Å²) in [4.78, 5) is 14.4. The third-order valence-electron chi connectivity index (χ3n) is 5.25. The molecule has 3 aliphatic rings. The quantitative estimate of drug-likeness (QED) is 0.746. The predicted octanol–water partition coefficient (Wildman–Crippen LogP) is 2.10. The molecular weight excluding hydrogens is 214 g/mol. The normalized spacial score (nSPS) is 37.4. The fraction of sp³-hybridized carbons (Fsp3) is 0.929. The summed E-state index contributed by atoms with van der Waals surface area (Å²) in [6.45, 7) is 8.02. The van der Waals surface area contributed by atoms with Gasteiger partial charge in [-0.1, -0.05) is 20.8 Å². The highest BCUT2D eigenvalue weighted by Gasteiger charge is 2.66. The van der Waals surface area contributed by atoms with Crippen LogP contribution in [0.5, 0.6) is 0 Å². The van der Waals surface area contributed by atoms with E-state index in [1.807, 2.05) is 0 Å². The van der Waals surface area contributed by atoms with Crippen molar-refractivity contribution in [3.8, 4) is 0 Å². The van der Waals surface area contributed by atoms with Crippen LogP contribution in [0.1, 0.15) is 47.9 Å². The highest BCUT2D eigenvalue weighted by Crippen LogP contribution is 2.65. The molecule has 100 valence electrons. The summed E-state index contributed by atoms with van der Waals surface area (Å²) in [5, 5.41) is 0. The van der Waals surface area contributed by atoms with Crippen molar-refractivity contribution in [3.05, 3.63) is 0 Å². The minimum Gasteiger partial charge on any atom is -0.412 e. The third kappa shape index (κ3) is 1.88. The van der Waals surface area contributed by atoms with E-state index >= 15 is 0 Å². The second kappa shape index (κ2) is 3.98. The van der Waals surface area contributed by atoms with E-state index in [1.165, 1.54) is 12.8 Å². The number of hydrogen-bond acceptors (Lipinski definition) is 1. The van der Waals surface area contributed by atoms with Gasteiger partial charge in [-0.05, 0) is 42.4 Å².